The van der Waals surface area contributed by atoms with Crippen molar-refractivity contribution in [3.05, 3.63) is 113 Å². The third kappa shape index (κ3) is 8.75. The molecule has 0 bridgehead atoms. The van der Waals surface area contributed by atoms with Crippen molar-refractivity contribution in [1.82, 2.24) is 20.2 Å². The summed E-state index contributed by atoms with van der Waals surface area (Å²) in [4.78, 5) is 74.9. The summed E-state index contributed by atoms with van der Waals surface area (Å²) >= 11 is 0. The molecule has 57 heavy (non-hydrogen) atoms. The van der Waals surface area contributed by atoms with Gasteiger partial charge in [0, 0.05) is 49.1 Å². The molecule has 1 N–H and O–H groups in total. The lowest BCUT2D eigenvalue weighted by molar-refractivity contribution is -0.136. The minimum Gasteiger partial charge on any atom is -0.493 e. The van der Waals surface area contributed by atoms with E-state index in [0.717, 1.165) is 59.8 Å². The van der Waals surface area contributed by atoms with Crippen molar-refractivity contribution in [2.24, 2.45) is 11.8 Å². The van der Waals surface area contributed by atoms with Crippen LogP contribution in [0.4, 0.5) is 5.69 Å². The van der Waals surface area contributed by atoms with E-state index >= 15 is 0 Å². The third-order valence-corrected chi connectivity index (χ3v) is 11.2. The van der Waals surface area contributed by atoms with Crippen LogP contribution in [-0.2, 0) is 21.6 Å². The zero-order valence-corrected chi connectivity index (χ0v) is 33.0. The van der Waals surface area contributed by atoms with Gasteiger partial charge in [0.05, 0.1) is 23.4 Å². The molecule has 3 aliphatic rings. The number of fused-ring (bicyclic) bond motifs is 1. The van der Waals surface area contributed by atoms with Gasteiger partial charge in [-0.1, -0.05) is 52.0 Å². The molecule has 4 aromatic rings. The number of carbonyl (C=O) groups is 5. The monoisotopic (exact) mass is 771 g/mol. The molecule has 7 rings (SSSR count). The Kier molecular flexibility index (Phi) is 11.5. The van der Waals surface area contributed by atoms with Crippen LogP contribution in [0.2, 0.25) is 0 Å². The maximum Gasteiger partial charge on any atom is 0.262 e. The van der Waals surface area contributed by atoms with Crippen LogP contribution < -0.4 is 19.7 Å². The van der Waals surface area contributed by atoms with Crippen molar-refractivity contribution in [1.29, 1.82) is 0 Å². The Bertz CT molecular complexity index is 2170. The average Bonchev–Trinajstić information content (AvgIpc) is 3.46. The highest BCUT2D eigenvalue weighted by Crippen LogP contribution is 2.35. The molecule has 4 heterocycles. The van der Waals surface area contributed by atoms with Crippen LogP contribution in [0.25, 0.3) is 0 Å². The maximum absolute atomic E-state index is 13.4. The number of ketones is 1. The standard InChI is InChI=1S/C45H49N5O7/c1-28(2)7-19-39(51)41-46-22-21-32(47-41)27-57-35-15-10-31(11-16-35)45(3,4)30-8-13-34(14-9-30)56-26-29-6-5-23-49(25-29)33-12-17-36-37(24-33)44(55)50(43(36)54)38-18-20-40(52)48-42(38)53/h8-17,21-22,24,28-29,38H,5-7,18-20,23,25-27H2,1-4H3,(H,48,52,53). The first-order valence-electron chi connectivity index (χ1n) is 19.8. The van der Waals surface area contributed by atoms with E-state index in [9.17, 15) is 24.0 Å². The van der Waals surface area contributed by atoms with E-state index < -0.39 is 29.7 Å². The maximum atomic E-state index is 13.4. The average molecular weight is 772 g/mol. The van der Waals surface area contributed by atoms with Gasteiger partial charge < -0.3 is 14.4 Å². The lowest BCUT2D eigenvalue weighted by Crippen LogP contribution is -2.54. The van der Waals surface area contributed by atoms with E-state index in [-0.39, 0.29) is 53.5 Å². The van der Waals surface area contributed by atoms with Crippen molar-refractivity contribution in [3.8, 4) is 11.5 Å². The van der Waals surface area contributed by atoms with Crippen LogP contribution in [0, 0.1) is 11.8 Å². The fraction of sp³-hybridized carbons (Fsp3) is 0.400. The number of nitrogens with zero attached hydrogens (tertiary/aromatic N) is 4. The van der Waals surface area contributed by atoms with Gasteiger partial charge in [-0.15, -0.1) is 0 Å². The topological polar surface area (TPSA) is 148 Å². The fourth-order valence-corrected chi connectivity index (χ4v) is 7.71. The summed E-state index contributed by atoms with van der Waals surface area (Å²) in [6.45, 7) is 10.9. The van der Waals surface area contributed by atoms with Crippen LogP contribution in [0.15, 0.2) is 79.0 Å². The van der Waals surface area contributed by atoms with E-state index in [1.54, 1.807) is 24.4 Å². The lowest BCUT2D eigenvalue weighted by atomic mass is 9.78. The van der Waals surface area contributed by atoms with Crippen molar-refractivity contribution < 1.29 is 33.4 Å². The lowest BCUT2D eigenvalue weighted by Gasteiger charge is -2.34. The number of amides is 4. The Labute approximate surface area is 333 Å². The molecule has 1 aromatic heterocycles. The fourth-order valence-electron chi connectivity index (χ4n) is 7.71. The van der Waals surface area contributed by atoms with Gasteiger partial charge in [0.15, 0.2) is 11.6 Å². The normalized spacial score (nSPS) is 18.5. The van der Waals surface area contributed by atoms with Gasteiger partial charge in [-0.3, -0.25) is 34.2 Å². The van der Waals surface area contributed by atoms with E-state index in [2.05, 4.69) is 72.1 Å². The van der Waals surface area contributed by atoms with Gasteiger partial charge in [0.2, 0.25) is 11.8 Å². The summed E-state index contributed by atoms with van der Waals surface area (Å²) in [5.41, 5.74) is 4.06. The van der Waals surface area contributed by atoms with Crippen molar-refractivity contribution in [3.63, 3.8) is 0 Å². The smallest absolute Gasteiger partial charge is 0.262 e. The molecule has 0 radical (unpaired) electrons. The van der Waals surface area contributed by atoms with Gasteiger partial charge in [0.25, 0.3) is 11.8 Å². The zero-order chi connectivity index (χ0) is 40.3. The van der Waals surface area contributed by atoms with Crippen molar-refractivity contribution >= 4 is 35.1 Å². The molecule has 0 spiro atoms. The molecule has 3 aliphatic heterocycles. The molecule has 2 unspecified atom stereocenters. The highest BCUT2D eigenvalue weighted by Gasteiger charge is 2.45. The van der Waals surface area contributed by atoms with Crippen LogP contribution in [-0.4, -0.2) is 70.0 Å². The number of hydrogen-bond acceptors (Lipinski definition) is 10. The quantitative estimate of drug-likeness (QED) is 0.109. The Morgan fingerprint density at radius 1 is 0.877 bits per heavy atom. The van der Waals surface area contributed by atoms with Gasteiger partial charge >= 0.3 is 0 Å². The minimum atomic E-state index is -0.988. The number of Topliss-reactive ketones (excluding diaryl/α,β-unsaturated/α-hetero) is 1. The molecule has 2 atom stereocenters. The summed E-state index contributed by atoms with van der Waals surface area (Å²) in [5, 5.41) is 2.24. The SMILES string of the molecule is CC(C)CCC(=O)c1nccc(COc2ccc(C(C)(C)c3ccc(OCC4CCCN(c5ccc6c(c5)C(=O)N(C5CCC(=O)NC5=O)C6=O)C4)cc3)cc2)n1. The van der Waals surface area contributed by atoms with Crippen LogP contribution >= 0.6 is 0 Å². The number of benzene rings is 3. The van der Waals surface area contributed by atoms with E-state index in [4.69, 9.17) is 9.47 Å². The van der Waals surface area contributed by atoms with Gasteiger partial charge in [-0.2, -0.15) is 0 Å². The molecule has 0 saturated carbocycles. The Morgan fingerprint density at radius 2 is 1.56 bits per heavy atom. The number of anilines is 1. The summed E-state index contributed by atoms with van der Waals surface area (Å²) in [6.07, 6.45) is 5.01. The largest absolute Gasteiger partial charge is 0.493 e. The number of rotatable bonds is 14. The number of ether oxygens (including phenoxy) is 2. The molecule has 4 amide bonds. The second-order valence-electron chi connectivity index (χ2n) is 16.1. The Balaban J connectivity index is 0.913. The van der Waals surface area contributed by atoms with E-state index in [0.29, 0.717) is 30.4 Å². The first-order chi connectivity index (χ1) is 27.4. The number of aromatic nitrogens is 2. The third-order valence-electron chi connectivity index (χ3n) is 11.2. The summed E-state index contributed by atoms with van der Waals surface area (Å²) < 4.78 is 12.3. The number of hydrogen-bond donors (Lipinski definition) is 1. The highest BCUT2D eigenvalue weighted by atomic mass is 16.5. The van der Waals surface area contributed by atoms with Gasteiger partial charge in [0.1, 0.15) is 24.1 Å². The molecule has 0 aliphatic carbocycles. The predicted molar refractivity (Wildman–Crippen MR) is 213 cm³/mol. The van der Waals surface area contributed by atoms with Crippen molar-refractivity contribution in [2.45, 2.75) is 84.3 Å². The summed E-state index contributed by atoms with van der Waals surface area (Å²) in [5.74, 6) is 0.365. The number of nitrogens with one attached hydrogen (secondary N) is 1. The molecule has 2 fully saturated rings. The molecule has 296 valence electrons. The Morgan fingerprint density at radius 3 is 2.25 bits per heavy atom. The van der Waals surface area contributed by atoms with E-state index in [1.165, 1.54) is 0 Å². The number of carbonyl (C=O) groups excluding carboxylic acids is 5. The first-order valence-corrected chi connectivity index (χ1v) is 19.8. The highest BCUT2D eigenvalue weighted by molar-refractivity contribution is 6.23. The minimum absolute atomic E-state index is 0.0507. The van der Waals surface area contributed by atoms with Crippen molar-refractivity contribution in [2.75, 3.05) is 24.6 Å². The van der Waals surface area contributed by atoms with Gasteiger partial charge in [-0.05, 0) is 91.3 Å². The van der Waals surface area contributed by atoms with Gasteiger partial charge in [-0.25, -0.2) is 9.97 Å². The van der Waals surface area contributed by atoms with Crippen LogP contribution in [0.1, 0.15) is 114 Å². The number of piperidine rings is 2. The molecular formula is C45H49N5O7. The predicted octanol–water partition coefficient (Wildman–Crippen LogP) is 6.70. The first kappa shape index (κ1) is 39.3. The van der Waals surface area contributed by atoms with Crippen LogP contribution in [0.3, 0.4) is 0 Å². The second-order valence-corrected chi connectivity index (χ2v) is 16.1. The molecule has 12 nitrogen and oxygen atoms in total. The summed E-state index contributed by atoms with van der Waals surface area (Å²) in [6, 6.07) is 22.3. The molecule has 3 aromatic carbocycles. The zero-order valence-electron chi connectivity index (χ0n) is 33.0. The van der Waals surface area contributed by atoms with E-state index in [1.807, 2.05) is 30.3 Å². The second kappa shape index (κ2) is 16.7. The number of imide groups is 2. The molecular weight excluding hydrogens is 723 g/mol. The Hall–Kier alpha value is -5.91. The summed E-state index contributed by atoms with van der Waals surface area (Å²) in [7, 11) is 0. The van der Waals surface area contributed by atoms with Crippen LogP contribution in [0.5, 0.6) is 11.5 Å². The molecule has 2 saturated heterocycles. The molecule has 12 heteroatoms.